The van der Waals surface area contributed by atoms with E-state index in [0.717, 1.165) is 16.1 Å². The third-order valence-corrected chi connectivity index (χ3v) is 7.44. The Morgan fingerprint density at radius 2 is 1.94 bits per heavy atom. The van der Waals surface area contributed by atoms with Crippen LogP contribution in [0.4, 0.5) is 0 Å². The number of esters is 1. The first kappa shape index (κ1) is 26.0. The first-order valence-corrected chi connectivity index (χ1v) is 13.2. The summed E-state index contributed by atoms with van der Waals surface area (Å²) >= 11 is 1.54. The van der Waals surface area contributed by atoms with Crippen molar-refractivity contribution in [1.82, 2.24) is 5.32 Å². The average Bonchev–Trinajstić information content (AvgIpc) is 3.40. The van der Waals surface area contributed by atoms with E-state index in [1.807, 2.05) is 56.5 Å². The van der Waals surface area contributed by atoms with Gasteiger partial charge in [0, 0.05) is 34.9 Å². The van der Waals surface area contributed by atoms with Crippen LogP contribution < -0.4 is 14.8 Å². The number of carbonyl (C=O) groups excluding carboxylic acids is 2. The molecule has 1 aromatic carbocycles. The van der Waals surface area contributed by atoms with Crippen LogP contribution in [0.2, 0.25) is 0 Å². The van der Waals surface area contributed by atoms with Gasteiger partial charge in [-0.3, -0.25) is 4.79 Å². The number of dihydropyridines is 1. The van der Waals surface area contributed by atoms with Crippen LogP contribution in [0.25, 0.3) is 0 Å². The SMILES string of the molecule is CCOCCOC(=O)C1=C(C)NC2=C(C(=O)C[C@@H](c3ccc(OCC)c(OC)c3)C2)[C@@H]1c1cccs1. The molecule has 1 aliphatic heterocycles. The largest absolute Gasteiger partial charge is 0.493 e. The molecule has 0 spiro atoms. The molecule has 0 bridgehead atoms. The third kappa shape index (κ3) is 5.34. The van der Waals surface area contributed by atoms with Gasteiger partial charge in [0.05, 0.1) is 31.8 Å². The second-order valence-electron chi connectivity index (χ2n) is 8.71. The van der Waals surface area contributed by atoms with Crippen molar-refractivity contribution >= 4 is 23.1 Å². The molecule has 2 heterocycles. The number of nitrogens with one attached hydrogen (secondary N) is 1. The molecule has 1 aromatic heterocycles. The summed E-state index contributed by atoms with van der Waals surface area (Å²) in [6.07, 6.45) is 1.01. The smallest absolute Gasteiger partial charge is 0.336 e. The summed E-state index contributed by atoms with van der Waals surface area (Å²) in [5.41, 5.74) is 3.75. The fraction of sp³-hybridized carbons (Fsp3) is 0.429. The number of ether oxygens (including phenoxy) is 4. The molecule has 0 saturated carbocycles. The van der Waals surface area contributed by atoms with Crippen molar-refractivity contribution in [2.75, 3.05) is 33.5 Å². The predicted octanol–water partition coefficient (Wildman–Crippen LogP) is 5.10. The summed E-state index contributed by atoms with van der Waals surface area (Å²) in [6, 6.07) is 9.77. The van der Waals surface area contributed by atoms with Gasteiger partial charge in [0.2, 0.25) is 0 Å². The van der Waals surface area contributed by atoms with Gasteiger partial charge in [-0.2, -0.15) is 0 Å². The molecule has 4 rings (SSSR count). The maximum Gasteiger partial charge on any atom is 0.336 e. The van der Waals surface area contributed by atoms with Crippen LogP contribution in [0.15, 0.2) is 58.3 Å². The molecule has 7 nitrogen and oxygen atoms in total. The van der Waals surface area contributed by atoms with Gasteiger partial charge in [0.15, 0.2) is 17.3 Å². The van der Waals surface area contributed by atoms with E-state index in [4.69, 9.17) is 18.9 Å². The normalized spacial score (nSPS) is 19.6. The highest BCUT2D eigenvalue weighted by Crippen LogP contribution is 2.47. The second-order valence-corrected chi connectivity index (χ2v) is 9.69. The highest BCUT2D eigenvalue weighted by molar-refractivity contribution is 7.10. The lowest BCUT2D eigenvalue weighted by Crippen LogP contribution is -2.36. The Bertz CT molecular complexity index is 1170. The Morgan fingerprint density at radius 3 is 2.64 bits per heavy atom. The van der Waals surface area contributed by atoms with E-state index in [0.29, 0.717) is 61.0 Å². The van der Waals surface area contributed by atoms with E-state index in [1.165, 1.54) is 11.3 Å². The van der Waals surface area contributed by atoms with E-state index in [1.54, 1.807) is 7.11 Å². The molecule has 0 unspecified atom stereocenters. The molecule has 0 fully saturated rings. The Kier molecular flexibility index (Phi) is 8.48. The molecule has 1 aliphatic carbocycles. The first-order chi connectivity index (χ1) is 17.5. The van der Waals surface area contributed by atoms with E-state index in [-0.39, 0.29) is 18.3 Å². The topological polar surface area (TPSA) is 83.1 Å². The van der Waals surface area contributed by atoms with Gasteiger partial charge in [0.25, 0.3) is 0 Å². The predicted molar refractivity (Wildman–Crippen MR) is 139 cm³/mol. The lowest BCUT2D eigenvalue weighted by Gasteiger charge is -2.36. The zero-order valence-corrected chi connectivity index (χ0v) is 22.0. The molecule has 2 atom stereocenters. The van der Waals surface area contributed by atoms with Gasteiger partial charge in [-0.1, -0.05) is 12.1 Å². The number of carbonyl (C=O) groups is 2. The Morgan fingerprint density at radius 1 is 1.11 bits per heavy atom. The minimum Gasteiger partial charge on any atom is -0.493 e. The summed E-state index contributed by atoms with van der Waals surface area (Å²) in [5.74, 6) is 0.505. The average molecular weight is 512 g/mol. The Hall–Kier alpha value is -3.10. The Labute approximate surface area is 216 Å². The molecule has 0 saturated heterocycles. The van der Waals surface area contributed by atoms with Crippen molar-refractivity contribution in [3.63, 3.8) is 0 Å². The van der Waals surface area contributed by atoms with Gasteiger partial charge < -0.3 is 24.3 Å². The molecule has 192 valence electrons. The van der Waals surface area contributed by atoms with Gasteiger partial charge in [-0.15, -0.1) is 11.3 Å². The fourth-order valence-corrected chi connectivity index (χ4v) is 5.76. The summed E-state index contributed by atoms with van der Waals surface area (Å²) in [4.78, 5) is 27.8. The fourth-order valence-electron chi connectivity index (χ4n) is 4.91. The number of thiophene rings is 1. The standard InChI is InChI=1S/C28H33NO6S/c1-5-33-11-12-35-28(31)25-17(3)29-20-14-19(18-9-10-22(34-6-2)23(16-18)32-4)15-21(30)26(20)27(25)24-8-7-13-36-24/h7-10,13,16,19,27,29H,5-6,11-12,14-15H2,1-4H3/t19-,27+/m0/s1. The maximum atomic E-state index is 13.7. The van der Waals surface area contributed by atoms with Crippen molar-refractivity contribution in [2.24, 2.45) is 0 Å². The zero-order valence-electron chi connectivity index (χ0n) is 21.2. The molecule has 36 heavy (non-hydrogen) atoms. The van der Waals surface area contributed by atoms with Crippen molar-refractivity contribution < 1.29 is 28.5 Å². The highest BCUT2D eigenvalue weighted by Gasteiger charge is 2.42. The van der Waals surface area contributed by atoms with Crippen molar-refractivity contribution in [2.45, 2.75) is 45.4 Å². The second kappa shape index (κ2) is 11.8. The van der Waals surface area contributed by atoms with Gasteiger partial charge in [-0.25, -0.2) is 4.79 Å². The van der Waals surface area contributed by atoms with Crippen LogP contribution in [0.3, 0.4) is 0 Å². The van der Waals surface area contributed by atoms with Crippen LogP contribution in [0.1, 0.15) is 55.9 Å². The van der Waals surface area contributed by atoms with E-state index in [9.17, 15) is 9.59 Å². The maximum absolute atomic E-state index is 13.7. The number of ketones is 1. The lowest BCUT2D eigenvalue weighted by molar-refractivity contribution is -0.140. The third-order valence-electron chi connectivity index (χ3n) is 6.50. The van der Waals surface area contributed by atoms with Crippen LogP contribution in [0, 0.1) is 0 Å². The van der Waals surface area contributed by atoms with E-state index in [2.05, 4.69) is 5.32 Å². The van der Waals surface area contributed by atoms with Crippen molar-refractivity contribution in [3.05, 3.63) is 68.7 Å². The Balaban J connectivity index is 1.65. The van der Waals surface area contributed by atoms with Crippen LogP contribution >= 0.6 is 11.3 Å². The molecule has 8 heteroatoms. The van der Waals surface area contributed by atoms with Crippen molar-refractivity contribution in [1.29, 1.82) is 0 Å². The first-order valence-electron chi connectivity index (χ1n) is 12.3. The van der Waals surface area contributed by atoms with Gasteiger partial charge in [0.1, 0.15) is 6.61 Å². The zero-order chi connectivity index (χ0) is 25.7. The molecule has 0 amide bonds. The monoisotopic (exact) mass is 511 g/mol. The van der Waals surface area contributed by atoms with E-state index < -0.39 is 11.9 Å². The lowest BCUT2D eigenvalue weighted by atomic mass is 9.73. The van der Waals surface area contributed by atoms with E-state index >= 15 is 0 Å². The number of benzene rings is 1. The minimum absolute atomic E-state index is 0.00944. The molecular weight excluding hydrogens is 478 g/mol. The van der Waals surface area contributed by atoms with Crippen LogP contribution in [-0.4, -0.2) is 45.3 Å². The number of hydrogen-bond donors (Lipinski definition) is 1. The number of methoxy groups -OCH3 is 1. The number of Topliss-reactive ketones (excluding diaryl/α,β-unsaturated/α-hetero) is 1. The summed E-state index contributed by atoms with van der Waals surface area (Å²) < 4.78 is 22.0. The van der Waals surface area contributed by atoms with Crippen LogP contribution in [-0.2, 0) is 19.1 Å². The number of hydrogen-bond acceptors (Lipinski definition) is 8. The van der Waals surface area contributed by atoms with Gasteiger partial charge >= 0.3 is 5.97 Å². The molecular formula is C28H33NO6S. The molecule has 1 N–H and O–H groups in total. The summed E-state index contributed by atoms with van der Waals surface area (Å²) in [7, 11) is 1.62. The van der Waals surface area contributed by atoms with Crippen molar-refractivity contribution in [3.8, 4) is 11.5 Å². The molecule has 2 aliphatic rings. The quantitative estimate of drug-likeness (QED) is 0.351. The number of allylic oxidation sites excluding steroid dienone is 3. The molecule has 0 radical (unpaired) electrons. The van der Waals surface area contributed by atoms with Crippen LogP contribution in [0.5, 0.6) is 11.5 Å². The molecule has 2 aromatic rings. The number of rotatable bonds is 10. The van der Waals surface area contributed by atoms with Gasteiger partial charge in [-0.05, 0) is 62.3 Å². The summed E-state index contributed by atoms with van der Waals surface area (Å²) in [6.45, 7) is 7.31. The highest BCUT2D eigenvalue weighted by atomic mass is 32.1. The summed E-state index contributed by atoms with van der Waals surface area (Å²) in [5, 5.41) is 5.35. The minimum atomic E-state index is -0.441.